The second kappa shape index (κ2) is 17.3. The largest absolute Gasteiger partial charge is 0.444 e. The molecule has 4 aliphatic rings. The van der Waals surface area contributed by atoms with Crippen LogP contribution in [0.25, 0.3) is 0 Å². The van der Waals surface area contributed by atoms with Gasteiger partial charge in [0.1, 0.15) is 23.7 Å². The van der Waals surface area contributed by atoms with E-state index in [0.717, 1.165) is 38.5 Å². The molecule has 1 heterocycles. The van der Waals surface area contributed by atoms with Crippen molar-refractivity contribution in [1.29, 1.82) is 0 Å². The summed E-state index contributed by atoms with van der Waals surface area (Å²) in [6, 6.07) is 4.69. The van der Waals surface area contributed by atoms with Crippen molar-refractivity contribution in [2.24, 2.45) is 23.7 Å². The van der Waals surface area contributed by atoms with Gasteiger partial charge in [0.25, 0.3) is 5.91 Å². The third-order valence-corrected chi connectivity index (χ3v) is 11.3. The van der Waals surface area contributed by atoms with Crippen molar-refractivity contribution < 1.29 is 38.3 Å². The topological polar surface area (TPSA) is 183 Å². The second-order valence-corrected chi connectivity index (χ2v) is 16.6. The van der Waals surface area contributed by atoms with E-state index >= 15 is 0 Å². The maximum absolute atomic E-state index is 14.6. The third kappa shape index (κ3) is 9.59. The minimum atomic E-state index is -1.17. The van der Waals surface area contributed by atoms with Crippen molar-refractivity contribution in [1.82, 2.24) is 31.1 Å². The van der Waals surface area contributed by atoms with Gasteiger partial charge in [0.05, 0.1) is 12.6 Å². The molecule has 1 aromatic carbocycles. The van der Waals surface area contributed by atoms with Gasteiger partial charge in [-0.25, -0.2) is 4.79 Å². The van der Waals surface area contributed by atoms with Crippen molar-refractivity contribution >= 4 is 41.4 Å². The zero-order valence-electron chi connectivity index (χ0n) is 32.5. The van der Waals surface area contributed by atoms with E-state index in [4.69, 9.17) is 4.74 Å². The number of carbonyl (C=O) groups is 7. The number of piperidine rings is 1. The molecule has 1 aromatic rings. The molecule has 6 unspecified atom stereocenters. The van der Waals surface area contributed by atoms with Crippen LogP contribution in [-0.2, 0) is 33.5 Å². The van der Waals surface area contributed by atoms with Crippen LogP contribution in [0.15, 0.2) is 30.3 Å². The van der Waals surface area contributed by atoms with Crippen molar-refractivity contribution in [2.45, 2.75) is 128 Å². The van der Waals surface area contributed by atoms with Crippen LogP contribution in [-0.4, -0.2) is 102 Å². The Balaban J connectivity index is 1.27. The number of likely N-dealkylation sites (N-methyl/N-ethyl adjacent to an activating group) is 1. The molecular formula is C40H58N6O8. The lowest BCUT2D eigenvalue weighted by Gasteiger charge is -2.39. The van der Waals surface area contributed by atoms with Crippen LogP contribution in [0.4, 0.5) is 4.79 Å². The van der Waals surface area contributed by atoms with E-state index in [2.05, 4.69) is 21.3 Å². The van der Waals surface area contributed by atoms with E-state index < -0.39 is 65.9 Å². The lowest BCUT2D eigenvalue weighted by atomic mass is 9.83. The first-order chi connectivity index (χ1) is 25.6. The fraction of sp³-hybridized carbons (Fsp3) is 0.675. The van der Waals surface area contributed by atoms with E-state index in [1.54, 1.807) is 70.1 Å². The van der Waals surface area contributed by atoms with Gasteiger partial charge in [-0.3, -0.25) is 28.8 Å². The summed E-state index contributed by atoms with van der Waals surface area (Å²) in [5, 5.41) is 10.7. The van der Waals surface area contributed by atoms with Gasteiger partial charge in [-0.1, -0.05) is 69.4 Å². The summed E-state index contributed by atoms with van der Waals surface area (Å²) in [6.45, 7) is 6.65. The van der Waals surface area contributed by atoms with Crippen LogP contribution >= 0.6 is 0 Å². The van der Waals surface area contributed by atoms with Crippen molar-refractivity contribution in [2.75, 3.05) is 20.6 Å². The molecule has 0 radical (unpaired) electrons. The fourth-order valence-corrected chi connectivity index (χ4v) is 8.70. The molecule has 0 aromatic heterocycles. The molecule has 2 bridgehead atoms. The first-order valence-electron chi connectivity index (χ1n) is 19.6. The summed E-state index contributed by atoms with van der Waals surface area (Å²) in [5.41, 5.74) is -0.197. The molecule has 4 N–H and O–H groups in total. The minimum absolute atomic E-state index is 0.0839. The molecule has 54 heavy (non-hydrogen) atoms. The highest BCUT2D eigenvalue weighted by Gasteiger charge is 2.68. The van der Waals surface area contributed by atoms with Gasteiger partial charge in [0, 0.05) is 20.1 Å². The first kappa shape index (κ1) is 40.7. The van der Waals surface area contributed by atoms with Gasteiger partial charge in [-0.05, 0) is 82.1 Å². The van der Waals surface area contributed by atoms with Crippen molar-refractivity contribution in [3.05, 3.63) is 35.9 Å². The number of nitrogens with one attached hydrogen (secondary N) is 4. The maximum atomic E-state index is 14.6. The zero-order valence-corrected chi connectivity index (χ0v) is 32.5. The van der Waals surface area contributed by atoms with Crippen LogP contribution in [0.5, 0.6) is 0 Å². The molecule has 1 saturated heterocycles. The van der Waals surface area contributed by atoms with Gasteiger partial charge in [-0.15, -0.1) is 0 Å². The predicted octanol–water partition coefficient (Wildman–Crippen LogP) is 3.00. The molecule has 4 fully saturated rings. The molecule has 8 atom stereocenters. The van der Waals surface area contributed by atoms with Gasteiger partial charge >= 0.3 is 6.09 Å². The van der Waals surface area contributed by atoms with Crippen LogP contribution in [0.1, 0.15) is 104 Å². The number of fused-ring (bicyclic) bond motifs is 5. The standard InChI is InChI=1S/C40H58N6O8/c1-7-8-19-28(34(48)36(50)41-22-30(47)43-31(37(51)45(5)6)23-15-11-9-12-16-23)42-35(49)33-27-21-29(26-20-25(26)27)46(33)38(52)32(24-17-13-10-14-18-24)44-39(53)54-40(2,3)4/h9,11-12,15-16,24-29,31-33H,7-8,10,13-14,17-22H2,1-6H3,(H,41,50)(H,42,49)(H,43,47)(H,44,53)/t25?,26?,27?,28?,29?,31-,32?,33+/m1/s1. The number of amides is 6. The van der Waals surface area contributed by atoms with Gasteiger partial charge in [0.2, 0.25) is 29.4 Å². The SMILES string of the molecule is CCCCC(NC(=O)[C@@H]1C2CC(C3CC32)N1C(=O)C(NC(=O)OC(C)(C)C)C1CCCCC1)C(=O)C(=O)NCC(=O)N[C@@H](C(=O)N(C)C)c1ccccc1. The average Bonchev–Trinajstić information content (AvgIpc) is 3.75. The summed E-state index contributed by atoms with van der Waals surface area (Å²) < 4.78 is 5.55. The lowest BCUT2D eigenvalue weighted by Crippen LogP contribution is -2.62. The summed E-state index contributed by atoms with van der Waals surface area (Å²) in [6.07, 6.45) is 6.85. The number of hydrogen-bond donors (Lipinski definition) is 4. The first-order valence-corrected chi connectivity index (χ1v) is 19.6. The maximum Gasteiger partial charge on any atom is 0.408 e. The number of rotatable bonds is 15. The molecule has 6 amide bonds. The summed E-state index contributed by atoms with van der Waals surface area (Å²) in [5.74, 6) is -3.32. The summed E-state index contributed by atoms with van der Waals surface area (Å²) in [7, 11) is 3.14. The Kier molecular flexibility index (Phi) is 13.1. The average molecular weight is 751 g/mol. The lowest BCUT2D eigenvalue weighted by molar-refractivity contribution is -0.147. The number of unbranched alkanes of at least 4 members (excludes halogenated alkanes) is 1. The predicted molar refractivity (Wildman–Crippen MR) is 199 cm³/mol. The van der Waals surface area contributed by atoms with Crippen molar-refractivity contribution in [3.8, 4) is 0 Å². The molecular weight excluding hydrogens is 692 g/mol. The number of hydrogen-bond acceptors (Lipinski definition) is 8. The Morgan fingerprint density at radius 3 is 2.20 bits per heavy atom. The molecule has 3 aliphatic carbocycles. The monoisotopic (exact) mass is 750 g/mol. The minimum Gasteiger partial charge on any atom is -0.444 e. The normalized spacial score (nSPS) is 24.6. The number of Topliss-reactive ketones (excluding diaryl/α,β-unsaturated/α-hetero) is 1. The van der Waals surface area contributed by atoms with Gasteiger partial charge in [0.15, 0.2) is 0 Å². The number of alkyl carbamates (subject to hydrolysis) is 1. The van der Waals surface area contributed by atoms with Gasteiger partial charge < -0.3 is 35.8 Å². The Morgan fingerprint density at radius 1 is 0.889 bits per heavy atom. The summed E-state index contributed by atoms with van der Waals surface area (Å²) >= 11 is 0. The highest BCUT2D eigenvalue weighted by atomic mass is 16.6. The summed E-state index contributed by atoms with van der Waals surface area (Å²) in [4.78, 5) is 97.5. The van der Waals surface area contributed by atoms with E-state index in [9.17, 15) is 33.6 Å². The number of benzene rings is 1. The zero-order chi connectivity index (χ0) is 39.3. The van der Waals surface area contributed by atoms with Crippen LogP contribution < -0.4 is 21.3 Å². The Labute approximate surface area is 318 Å². The fourth-order valence-electron chi connectivity index (χ4n) is 8.70. The van der Waals surface area contributed by atoms with Crippen molar-refractivity contribution in [3.63, 3.8) is 0 Å². The van der Waals surface area contributed by atoms with Crippen LogP contribution in [0.2, 0.25) is 0 Å². The highest BCUT2D eigenvalue weighted by Crippen LogP contribution is 2.63. The van der Waals surface area contributed by atoms with E-state index in [0.29, 0.717) is 36.7 Å². The molecule has 1 aliphatic heterocycles. The Bertz CT molecular complexity index is 1570. The molecule has 5 rings (SSSR count). The van der Waals surface area contributed by atoms with E-state index in [1.165, 1.54) is 4.90 Å². The van der Waals surface area contributed by atoms with Gasteiger partial charge in [-0.2, -0.15) is 0 Å². The third-order valence-electron chi connectivity index (χ3n) is 11.3. The second-order valence-electron chi connectivity index (χ2n) is 16.6. The molecule has 3 saturated carbocycles. The molecule has 0 spiro atoms. The van der Waals surface area contributed by atoms with E-state index in [1.807, 2.05) is 6.92 Å². The number of carbonyl (C=O) groups excluding carboxylic acids is 7. The Morgan fingerprint density at radius 2 is 1.57 bits per heavy atom. The number of ether oxygens (including phenoxy) is 1. The number of nitrogens with zero attached hydrogens (tertiary/aromatic N) is 2. The molecule has 14 heteroatoms. The van der Waals surface area contributed by atoms with Crippen LogP contribution in [0.3, 0.4) is 0 Å². The Hall–Kier alpha value is -4.49. The highest BCUT2D eigenvalue weighted by molar-refractivity contribution is 6.38. The number of likely N-dealkylation sites (tertiary alicyclic amines) is 1. The quantitative estimate of drug-likeness (QED) is 0.197. The van der Waals surface area contributed by atoms with E-state index in [-0.39, 0.29) is 36.1 Å². The molecule has 14 nitrogen and oxygen atoms in total. The van der Waals surface area contributed by atoms with Crippen LogP contribution in [0, 0.1) is 23.7 Å². The smallest absolute Gasteiger partial charge is 0.408 e. The molecule has 296 valence electrons. The number of ketones is 1.